The van der Waals surface area contributed by atoms with E-state index < -0.39 is 0 Å². The average molecular weight is 403 g/mol. The fraction of sp³-hybridized carbons (Fsp3) is 1.00. The fourth-order valence-electron chi connectivity index (χ4n) is 3.05. The Kier molecular flexibility index (Phi) is 14.6. The lowest BCUT2D eigenvalue weighted by Crippen LogP contribution is -2.40. The smallest absolute Gasteiger partial charge is 0.0641 e. The van der Waals surface area contributed by atoms with E-state index in [9.17, 15) is 0 Å². The van der Waals surface area contributed by atoms with Crippen molar-refractivity contribution >= 4 is 0 Å². The minimum absolute atomic E-state index is 0.0675. The van der Waals surface area contributed by atoms with Crippen molar-refractivity contribution in [3.05, 3.63) is 0 Å². The molecular formula is C22H50N4O2. The third kappa shape index (κ3) is 13.9. The first-order chi connectivity index (χ1) is 13.0. The van der Waals surface area contributed by atoms with Gasteiger partial charge in [-0.3, -0.25) is 0 Å². The molecular weight excluding hydrogens is 352 g/mol. The van der Waals surface area contributed by atoms with Gasteiger partial charge in [0.15, 0.2) is 0 Å². The Morgan fingerprint density at radius 2 is 1.36 bits per heavy atom. The van der Waals surface area contributed by atoms with E-state index >= 15 is 0 Å². The van der Waals surface area contributed by atoms with Crippen LogP contribution in [0.5, 0.6) is 0 Å². The lowest BCUT2D eigenvalue weighted by Gasteiger charge is -2.36. The Morgan fingerprint density at radius 3 is 1.89 bits per heavy atom. The molecule has 0 spiro atoms. The standard InChI is InChI=1S/C22H50N4O2/c1-18(15-28-22(6,7)14-19(2)25-12-8-10-23)21(4,5)17-27-16-20(3)26-13-9-11-24/h18-20,25-26H,8-17,23-24H2,1-7H3. The van der Waals surface area contributed by atoms with Crippen LogP contribution in [-0.2, 0) is 9.47 Å². The predicted octanol–water partition coefficient (Wildman–Crippen LogP) is 2.50. The lowest BCUT2D eigenvalue weighted by molar-refractivity contribution is -0.0729. The van der Waals surface area contributed by atoms with Crippen LogP contribution in [-0.4, -0.2) is 63.7 Å². The van der Waals surface area contributed by atoms with E-state index in [1.54, 1.807) is 0 Å². The molecule has 6 heteroatoms. The fourth-order valence-corrected chi connectivity index (χ4v) is 3.05. The summed E-state index contributed by atoms with van der Waals surface area (Å²) in [5.74, 6) is 0.410. The van der Waals surface area contributed by atoms with Crippen LogP contribution in [0.3, 0.4) is 0 Å². The molecule has 0 rings (SSSR count). The third-order valence-corrected chi connectivity index (χ3v) is 5.45. The second-order valence-electron chi connectivity index (χ2n) is 9.67. The third-order valence-electron chi connectivity index (χ3n) is 5.45. The summed E-state index contributed by atoms with van der Waals surface area (Å²) in [6, 6.07) is 0.766. The SMILES string of the molecule is CC(COCC(C)(C)C(C)COC(C)(C)CC(C)NCCCN)NCCCN. The van der Waals surface area contributed by atoms with Crippen molar-refractivity contribution in [3.8, 4) is 0 Å². The van der Waals surface area contributed by atoms with Crippen LogP contribution in [0.25, 0.3) is 0 Å². The van der Waals surface area contributed by atoms with Gasteiger partial charge in [-0.25, -0.2) is 0 Å². The van der Waals surface area contributed by atoms with Crippen molar-refractivity contribution < 1.29 is 9.47 Å². The van der Waals surface area contributed by atoms with Crippen molar-refractivity contribution in [1.29, 1.82) is 0 Å². The summed E-state index contributed by atoms with van der Waals surface area (Å²) < 4.78 is 12.3. The minimum Gasteiger partial charge on any atom is -0.379 e. The van der Waals surface area contributed by atoms with E-state index in [2.05, 4.69) is 59.1 Å². The number of nitrogens with two attached hydrogens (primary N) is 2. The summed E-state index contributed by atoms with van der Waals surface area (Å²) in [7, 11) is 0. The molecule has 0 amide bonds. The lowest BCUT2D eigenvalue weighted by atomic mass is 9.81. The van der Waals surface area contributed by atoms with Gasteiger partial charge in [-0.1, -0.05) is 20.8 Å². The summed E-state index contributed by atoms with van der Waals surface area (Å²) in [6.07, 6.45) is 2.99. The molecule has 0 aliphatic rings. The molecule has 0 aromatic heterocycles. The molecule has 0 bridgehead atoms. The molecule has 6 N–H and O–H groups in total. The van der Waals surface area contributed by atoms with Gasteiger partial charge in [0.1, 0.15) is 0 Å². The van der Waals surface area contributed by atoms with Gasteiger partial charge < -0.3 is 31.6 Å². The van der Waals surface area contributed by atoms with Gasteiger partial charge in [-0.15, -0.1) is 0 Å². The molecule has 0 aliphatic heterocycles. The molecule has 0 fully saturated rings. The summed E-state index contributed by atoms with van der Waals surface area (Å²) >= 11 is 0. The van der Waals surface area contributed by atoms with Crippen molar-refractivity contribution in [2.75, 3.05) is 46.0 Å². The number of ether oxygens (including phenoxy) is 2. The molecule has 0 saturated heterocycles. The Balaban J connectivity index is 4.19. The first kappa shape index (κ1) is 27.8. The quantitative estimate of drug-likeness (QED) is 0.263. The summed E-state index contributed by atoms with van der Waals surface area (Å²) in [4.78, 5) is 0. The van der Waals surface area contributed by atoms with Crippen LogP contribution in [0, 0.1) is 11.3 Å². The number of nitrogens with one attached hydrogen (secondary N) is 2. The highest BCUT2D eigenvalue weighted by molar-refractivity contribution is 4.80. The van der Waals surface area contributed by atoms with Crippen LogP contribution in [0.4, 0.5) is 0 Å². The Labute approximate surface area is 174 Å². The van der Waals surface area contributed by atoms with Crippen LogP contribution in [0.15, 0.2) is 0 Å². The van der Waals surface area contributed by atoms with E-state index in [0.29, 0.717) is 18.0 Å². The molecule has 0 aliphatic carbocycles. The van der Waals surface area contributed by atoms with Gasteiger partial charge in [0.05, 0.1) is 25.4 Å². The molecule has 3 unspecified atom stereocenters. The van der Waals surface area contributed by atoms with Gasteiger partial charge in [0.25, 0.3) is 0 Å². The van der Waals surface area contributed by atoms with Gasteiger partial charge in [-0.2, -0.15) is 0 Å². The first-order valence-corrected chi connectivity index (χ1v) is 11.1. The van der Waals surface area contributed by atoms with Crippen molar-refractivity contribution in [3.63, 3.8) is 0 Å². The molecule has 28 heavy (non-hydrogen) atoms. The zero-order chi connectivity index (χ0) is 21.6. The summed E-state index contributed by atoms with van der Waals surface area (Å²) in [5, 5.41) is 6.96. The normalized spacial score (nSPS) is 16.2. The Hall–Kier alpha value is -0.240. The van der Waals surface area contributed by atoms with Gasteiger partial charge in [-0.05, 0) is 84.5 Å². The molecule has 0 heterocycles. The van der Waals surface area contributed by atoms with Gasteiger partial charge >= 0.3 is 0 Å². The summed E-state index contributed by atoms with van der Waals surface area (Å²) in [5.41, 5.74) is 11.0. The first-order valence-electron chi connectivity index (χ1n) is 11.1. The predicted molar refractivity (Wildman–Crippen MR) is 121 cm³/mol. The van der Waals surface area contributed by atoms with E-state index in [-0.39, 0.29) is 11.0 Å². The molecule has 170 valence electrons. The van der Waals surface area contributed by atoms with Crippen molar-refractivity contribution in [1.82, 2.24) is 10.6 Å². The number of rotatable bonds is 18. The number of hydrogen-bond acceptors (Lipinski definition) is 6. The van der Waals surface area contributed by atoms with Crippen molar-refractivity contribution in [2.45, 2.75) is 85.4 Å². The highest BCUT2D eigenvalue weighted by Gasteiger charge is 2.29. The topological polar surface area (TPSA) is 94.6 Å². The van der Waals surface area contributed by atoms with E-state index in [1.807, 2.05) is 0 Å². The monoisotopic (exact) mass is 402 g/mol. The van der Waals surface area contributed by atoms with Crippen molar-refractivity contribution in [2.24, 2.45) is 22.8 Å². The van der Waals surface area contributed by atoms with E-state index in [1.165, 1.54) is 0 Å². The maximum atomic E-state index is 6.30. The maximum Gasteiger partial charge on any atom is 0.0641 e. The molecule has 0 saturated carbocycles. The summed E-state index contributed by atoms with van der Waals surface area (Å²) in [6.45, 7) is 21.1. The zero-order valence-electron chi connectivity index (χ0n) is 19.8. The van der Waals surface area contributed by atoms with Crippen LogP contribution in [0.2, 0.25) is 0 Å². The van der Waals surface area contributed by atoms with Crippen LogP contribution >= 0.6 is 0 Å². The Morgan fingerprint density at radius 1 is 0.821 bits per heavy atom. The zero-order valence-corrected chi connectivity index (χ0v) is 19.8. The maximum absolute atomic E-state index is 6.30. The largest absolute Gasteiger partial charge is 0.379 e. The van der Waals surface area contributed by atoms with E-state index in [4.69, 9.17) is 20.9 Å². The van der Waals surface area contributed by atoms with E-state index in [0.717, 1.165) is 65.3 Å². The van der Waals surface area contributed by atoms with Crippen LogP contribution in [0.1, 0.15) is 67.7 Å². The molecule has 3 atom stereocenters. The average Bonchev–Trinajstić information content (AvgIpc) is 2.59. The molecule has 0 aromatic rings. The molecule has 6 nitrogen and oxygen atoms in total. The van der Waals surface area contributed by atoms with Gasteiger partial charge in [0.2, 0.25) is 0 Å². The van der Waals surface area contributed by atoms with Gasteiger partial charge in [0, 0.05) is 12.1 Å². The number of hydrogen-bond donors (Lipinski definition) is 4. The van der Waals surface area contributed by atoms with Crippen LogP contribution < -0.4 is 22.1 Å². The second-order valence-corrected chi connectivity index (χ2v) is 9.67. The highest BCUT2D eigenvalue weighted by Crippen LogP contribution is 2.29. The Bertz CT molecular complexity index is 378. The highest BCUT2D eigenvalue weighted by atomic mass is 16.5. The molecule has 0 aromatic carbocycles. The second kappa shape index (κ2) is 14.7. The molecule has 0 radical (unpaired) electrons. The minimum atomic E-state index is -0.151.